The topological polar surface area (TPSA) is 75.3 Å². The van der Waals surface area contributed by atoms with Crippen LogP contribution in [-0.4, -0.2) is 47.5 Å². The van der Waals surface area contributed by atoms with Crippen molar-refractivity contribution in [2.24, 2.45) is 0 Å². The summed E-state index contributed by atoms with van der Waals surface area (Å²) >= 11 is 3.35. The Hall–Kier alpha value is -1.37. The van der Waals surface area contributed by atoms with Crippen molar-refractivity contribution in [3.05, 3.63) is 10.7 Å². The lowest BCUT2D eigenvalue weighted by Crippen LogP contribution is -2.49. The van der Waals surface area contributed by atoms with E-state index in [1.54, 1.807) is 18.1 Å². The van der Waals surface area contributed by atoms with E-state index in [2.05, 4.69) is 25.9 Å². The number of nitrogens with zero attached hydrogens (tertiary/aromatic N) is 4. The highest BCUT2D eigenvalue weighted by Gasteiger charge is 2.23. The number of carbonyl (C=O) groups excluding carboxylic acids is 1. The van der Waals surface area contributed by atoms with Crippen molar-refractivity contribution in [2.45, 2.75) is 0 Å². The number of piperazine rings is 1. The maximum Gasteiger partial charge on any atom is 0.241 e. The van der Waals surface area contributed by atoms with Gasteiger partial charge in [0, 0.05) is 26.3 Å². The number of nitrogen functional groups attached to an aromatic ring is 1. The second-order valence-corrected chi connectivity index (χ2v) is 4.49. The van der Waals surface area contributed by atoms with E-state index in [1.807, 2.05) is 4.90 Å². The van der Waals surface area contributed by atoms with Gasteiger partial charge in [-0.3, -0.25) is 4.79 Å². The van der Waals surface area contributed by atoms with E-state index >= 15 is 0 Å². The average molecular weight is 286 g/mol. The zero-order valence-corrected chi connectivity index (χ0v) is 10.4. The van der Waals surface area contributed by atoms with Crippen LogP contribution in [0.4, 0.5) is 11.8 Å². The van der Waals surface area contributed by atoms with Crippen LogP contribution in [-0.2, 0) is 4.79 Å². The zero-order valence-electron chi connectivity index (χ0n) is 8.85. The molecule has 0 unspecified atom stereocenters. The summed E-state index contributed by atoms with van der Waals surface area (Å²) in [6, 6.07) is 0. The third kappa shape index (κ3) is 2.08. The quantitative estimate of drug-likeness (QED) is 0.792. The molecule has 1 aromatic heterocycles. The highest BCUT2D eigenvalue weighted by atomic mass is 79.9. The van der Waals surface area contributed by atoms with Gasteiger partial charge in [-0.1, -0.05) is 0 Å². The van der Waals surface area contributed by atoms with Gasteiger partial charge in [0.15, 0.2) is 0 Å². The van der Waals surface area contributed by atoms with Crippen LogP contribution in [0.2, 0.25) is 0 Å². The summed E-state index contributed by atoms with van der Waals surface area (Å²) in [6.45, 7) is 1.76. The minimum Gasteiger partial charge on any atom is -0.368 e. The highest BCUT2D eigenvalue weighted by Crippen LogP contribution is 2.24. The summed E-state index contributed by atoms with van der Waals surface area (Å²) in [6.07, 6.45) is 1.60. The van der Waals surface area contributed by atoms with E-state index in [0.717, 1.165) is 11.0 Å². The minimum absolute atomic E-state index is 0.0790. The Balaban J connectivity index is 2.24. The molecular formula is C9H12BrN5O. The molecule has 0 spiro atoms. The monoisotopic (exact) mass is 285 g/mol. The van der Waals surface area contributed by atoms with Gasteiger partial charge in [-0.2, -0.15) is 4.98 Å². The van der Waals surface area contributed by atoms with Gasteiger partial charge >= 0.3 is 0 Å². The molecule has 1 fully saturated rings. The molecule has 1 amide bonds. The Kier molecular flexibility index (Phi) is 2.95. The summed E-state index contributed by atoms with van der Waals surface area (Å²) in [5.74, 6) is 0.967. The van der Waals surface area contributed by atoms with Crippen molar-refractivity contribution in [3.63, 3.8) is 0 Å². The normalized spacial score (nSPS) is 16.8. The number of hydrogen-bond acceptors (Lipinski definition) is 5. The molecule has 0 aliphatic carbocycles. The SMILES string of the molecule is CN1CCN(c2nc(N)ncc2Br)CC1=O. The molecular weight excluding hydrogens is 274 g/mol. The smallest absolute Gasteiger partial charge is 0.241 e. The first kappa shape index (κ1) is 11.1. The molecule has 6 nitrogen and oxygen atoms in total. The first-order valence-electron chi connectivity index (χ1n) is 4.85. The Morgan fingerprint density at radius 2 is 2.25 bits per heavy atom. The van der Waals surface area contributed by atoms with Crippen molar-refractivity contribution in [1.82, 2.24) is 14.9 Å². The number of aromatic nitrogens is 2. The van der Waals surface area contributed by atoms with Crippen LogP contribution in [0, 0.1) is 0 Å². The molecule has 86 valence electrons. The van der Waals surface area contributed by atoms with Crippen molar-refractivity contribution in [3.8, 4) is 0 Å². The van der Waals surface area contributed by atoms with Crippen LogP contribution in [0.5, 0.6) is 0 Å². The molecule has 16 heavy (non-hydrogen) atoms. The maximum absolute atomic E-state index is 11.6. The lowest BCUT2D eigenvalue weighted by atomic mass is 10.3. The summed E-state index contributed by atoms with van der Waals surface area (Å²) in [5, 5.41) is 0. The standard InChI is InChI=1S/C9H12BrN5O/c1-14-2-3-15(5-7(14)16)8-6(10)4-12-9(11)13-8/h4H,2-3,5H2,1H3,(H2,11,12,13). The average Bonchev–Trinajstić information content (AvgIpc) is 2.26. The minimum atomic E-state index is 0.0790. The number of nitrogens with two attached hydrogens (primary N) is 1. The summed E-state index contributed by atoms with van der Waals surface area (Å²) in [5.41, 5.74) is 5.53. The van der Waals surface area contributed by atoms with Gasteiger partial charge in [-0.25, -0.2) is 4.98 Å². The number of hydrogen-bond donors (Lipinski definition) is 1. The maximum atomic E-state index is 11.6. The Labute approximate surface area is 102 Å². The van der Waals surface area contributed by atoms with E-state index in [9.17, 15) is 4.79 Å². The van der Waals surface area contributed by atoms with Gasteiger partial charge in [-0.05, 0) is 15.9 Å². The van der Waals surface area contributed by atoms with E-state index in [0.29, 0.717) is 18.9 Å². The molecule has 0 saturated carbocycles. The number of halogens is 1. The molecule has 0 aromatic carbocycles. The molecule has 0 bridgehead atoms. The van der Waals surface area contributed by atoms with Crippen molar-refractivity contribution < 1.29 is 4.79 Å². The molecule has 0 radical (unpaired) electrons. The van der Waals surface area contributed by atoms with Gasteiger partial charge in [0.2, 0.25) is 11.9 Å². The van der Waals surface area contributed by atoms with Gasteiger partial charge in [-0.15, -0.1) is 0 Å². The van der Waals surface area contributed by atoms with E-state index in [-0.39, 0.29) is 11.9 Å². The van der Waals surface area contributed by atoms with Crippen LogP contribution in [0.1, 0.15) is 0 Å². The molecule has 1 aromatic rings. The molecule has 7 heteroatoms. The molecule has 2 N–H and O–H groups in total. The highest BCUT2D eigenvalue weighted by molar-refractivity contribution is 9.10. The van der Waals surface area contributed by atoms with Crippen LogP contribution >= 0.6 is 15.9 Å². The number of carbonyl (C=O) groups is 1. The molecule has 1 aliphatic rings. The molecule has 0 atom stereocenters. The molecule has 2 rings (SSSR count). The van der Waals surface area contributed by atoms with E-state index in [4.69, 9.17) is 5.73 Å². The van der Waals surface area contributed by atoms with Gasteiger partial charge in [0.25, 0.3) is 0 Å². The molecule has 2 heterocycles. The lowest BCUT2D eigenvalue weighted by Gasteiger charge is -2.33. The summed E-state index contributed by atoms with van der Waals surface area (Å²) < 4.78 is 0.749. The zero-order chi connectivity index (χ0) is 11.7. The predicted octanol–water partition coefficient (Wildman–Crippen LogP) is 0.0997. The number of likely N-dealkylation sites (N-methyl/N-ethyl adjacent to an activating group) is 1. The van der Waals surface area contributed by atoms with Crippen LogP contribution in [0.3, 0.4) is 0 Å². The van der Waals surface area contributed by atoms with E-state index in [1.165, 1.54) is 0 Å². The van der Waals surface area contributed by atoms with Crippen molar-refractivity contribution in [2.75, 3.05) is 37.3 Å². The fourth-order valence-corrected chi connectivity index (χ4v) is 1.97. The van der Waals surface area contributed by atoms with Crippen LogP contribution in [0.15, 0.2) is 10.7 Å². The Morgan fingerprint density at radius 3 is 2.94 bits per heavy atom. The van der Waals surface area contributed by atoms with Crippen LogP contribution in [0.25, 0.3) is 0 Å². The van der Waals surface area contributed by atoms with E-state index < -0.39 is 0 Å². The first-order valence-corrected chi connectivity index (χ1v) is 5.64. The lowest BCUT2D eigenvalue weighted by molar-refractivity contribution is -0.129. The number of anilines is 2. The second kappa shape index (κ2) is 4.25. The fourth-order valence-electron chi connectivity index (χ4n) is 1.53. The van der Waals surface area contributed by atoms with Crippen molar-refractivity contribution >= 4 is 33.6 Å². The molecule has 1 saturated heterocycles. The van der Waals surface area contributed by atoms with Crippen molar-refractivity contribution in [1.29, 1.82) is 0 Å². The third-order valence-corrected chi connectivity index (χ3v) is 3.06. The third-order valence-electron chi connectivity index (χ3n) is 2.50. The largest absolute Gasteiger partial charge is 0.368 e. The Bertz CT molecular complexity index is 424. The summed E-state index contributed by atoms with van der Waals surface area (Å²) in [4.78, 5) is 23.2. The van der Waals surface area contributed by atoms with Gasteiger partial charge in [0.1, 0.15) is 5.82 Å². The first-order chi connectivity index (χ1) is 7.58. The van der Waals surface area contributed by atoms with Gasteiger partial charge in [0.05, 0.1) is 11.0 Å². The second-order valence-electron chi connectivity index (χ2n) is 3.64. The Morgan fingerprint density at radius 1 is 1.50 bits per heavy atom. The number of amides is 1. The number of rotatable bonds is 1. The predicted molar refractivity (Wildman–Crippen MR) is 64.0 cm³/mol. The fraction of sp³-hybridized carbons (Fsp3) is 0.444. The summed E-state index contributed by atoms with van der Waals surface area (Å²) in [7, 11) is 1.79. The van der Waals surface area contributed by atoms with Crippen LogP contribution < -0.4 is 10.6 Å². The van der Waals surface area contributed by atoms with Gasteiger partial charge < -0.3 is 15.5 Å². The molecule has 1 aliphatic heterocycles.